The van der Waals surface area contributed by atoms with Gasteiger partial charge < -0.3 is 9.47 Å². The first-order valence-electron chi connectivity index (χ1n) is 9.82. The Balaban J connectivity index is 1.78. The number of esters is 1. The molecule has 1 saturated heterocycles. The van der Waals surface area contributed by atoms with Crippen molar-refractivity contribution in [1.29, 1.82) is 0 Å². The van der Waals surface area contributed by atoms with E-state index in [-0.39, 0.29) is 11.5 Å². The van der Waals surface area contributed by atoms with Gasteiger partial charge in [0.15, 0.2) is 0 Å². The highest BCUT2D eigenvalue weighted by atomic mass is 79.9. The number of hydrogen-bond donors (Lipinski definition) is 0. The third-order valence-corrected chi connectivity index (χ3v) is 6.68. The summed E-state index contributed by atoms with van der Waals surface area (Å²) in [7, 11) is 0. The zero-order valence-electron chi connectivity index (χ0n) is 17.7. The van der Waals surface area contributed by atoms with Crippen LogP contribution in [0.3, 0.4) is 0 Å². The van der Waals surface area contributed by atoms with E-state index in [2.05, 4.69) is 37.9 Å². The summed E-state index contributed by atoms with van der Waals surface area (Å²) >= 11 is 7.83. The van der Waals surface area contributed by atoms with Crippen LogP contribution in [0.5, 0.6) is 5.75 Å². The Kier molecular flexibility index (Phi) is 8.19. The SMILES string of the molecule is CCOC(=O)[C@H](C)N1C(=O)S/C(=C/c2cc(Br)c(OCc3cccc(C)c3)c(Br)c2)C1=O. The predicted molar refractivity (Wildman–Crippen MR) is 131 cm³/mol. The highest BCUT2D eigenvalue weighted by Gasteiger charge is 2.41. The number of imide groups is 1. The number of rotatable bonds is 7. The van der Waals surface area contributed by atoms with Crippen LogP contribution in [0.1, 0.15) is 30.5 Å². The minimum absolute atomic E-state index is 0.176. The molecular formula is C23H21Br2NO5S. The van der Waals surface area contributed by atoms with Crippen molar-refractivity contribution in [2.24, 2.45) is 0 Å². The molecule has 0 aromatic heterocycles. The van der Waals surface area contributed by atoms with E-state index < -0.39 is 23.2 Å². The number of ether oxygens (including phenoxy) is 2. The van der Waals surface area contributed by atoms with Crippen molar-refractivity contribution in [2.75, 3.05) is 6.61 Å². The number of nitrogens with zero attached hydrogens (tertiary/aromatic N) is 1. The topological polar surface area (TPSA) is 72.9 Å². The molecule has 2 aromatic rings. The molecule has 1 aliphatic heterocycles. The van der Waals surface area contributed by atoms with E-state index >= 15 is 0 Å². The van der Waals surface area contributed by atoms with E-state index in [1.807, 2.05) is 25.1 Å². The first kappa shape index (κ1) is 24.5. The molecule has 0 spiro atoms. The summed E-state index contributed by atoms with van der Waals surface area (Å²) in [5.41, 5.74) is 2.91. The predicted octanol–water partition coefficient (Wildman–Crippen LogP) is 6.09. The van der Waals surface area contributed by atoms with Gasteiger partial charge in [-0.1, -0.05) is 29.8 Å². The molecule has 32 heavy (non-hydrogen) atoms. The largest absolute Gasteiger partial charge is 0.487 e. The van der Waals surface area contributed by atoms with Crippen LogP contribution in [-0.4, -0.2) is 34.7 Å². The minimum atomic E-state index is -0.982. The lowest BCUT2D eigenvalue weighted by Gasteiger charge is -2.19. The van der Waals surface area contributed by atoms with Gasteiger partial charge >= 0.3 is 5.97 Å². The number of carbonyl (C=O) groups excluding carboxylic acids is 3. The summed E-state index contributed by atoms with van der Waals surface area (Å²) in [4.78, 5) is 38.2. The molecule has 0 aliphatic carbocycles. The number of benzene rings is 2. The second kappa shape index (κ2) is 10.7. The van der Waals surface area contributed by atoms with Gasteiger partial charge in [0.1, 0.15) is 18.4 Å². The van der Waals surface area contributed by atoms with Gasteiger partial charge in [0, 0.05) is 0 Å². The molecule has 0 saturated carbocycles. The smallest absolute Gasteiger partial charge is 0.329 e. The molecule has 1 atom stereocenters. The number of halogens is 2. The lowest BCUT2D eigenvalue weighted by molar-refractivity contribution is -0.150. The molecule has 0 bridgehead atoms. The van der Waals surface area contributed by atoms with Crippen LogP contribution in [0, 0.1) is 6.92 Å². The lowest BCUT2D eigenvalue weighted by atomic mass is 10.1. The average Bonchev–Trinajstić information content (AvgIpc) is 3.00. The number of amides is 2. The van der Waals surface area contributed by atoms with E-state index in [1.165, 1.54) is 6.92 Å². The van der Waals surface area contributed by atoms with Crippen molar-refractivity contribution in [3.8, 4) is 5.75 Å². The number of aryl methyl sites for hydroxylation is 1. The first-order chi connectivity index (χ1) is 15.2. The molecule has 1 aliphatic rings. The van der Waals surface area contributed by atoms with Gasteiger partial charge in [-0.15, -0.1) is 0 Å². The summed E-state index contributed by atoms with van der Waals surface area (Å²) in [5.74, 6) is -0.503. The fourth-order valence-corrected chi connectivity index (χ4v) is 5.45. The van der Waals surface area contributed by atoms with Gasteiger partial charge in [0.25, 0.3) is 11.1 Å². The fourth-order valence-electron chi connectivity index (χ4n) is 3.09. The maximum atomic E-state index is 12.8. The molecule has 3 rings (SSSR count). The summed E-state index contributed by atoms with van der Waals surface area (Å²) < 4.78 is 12.3. The summed E-state index contributed by atoms with van der Waals surface area (Å²) in [6, 6.07) is 10.7. The van der Waals surface area contributed by atoms with Crippen LogP contribution < -0.4 is 4.74 Å². The van der Waals surface area contributed by atoms with Crippen molar-refractivity contribution < 1.29 is 23.9 Å². The van der Waals surface area contributed by atoms with Gasteiger partial charge in [-0.2, -0.15) is 0 Å². The van der Waals surface area contributed by atoms with Gasteiger partial charge in [-0.25, -0.2) is 4.79 Å². The monoisotopic (exact) mass is 581 g/mol. The second-order valence-electron chi connectivity index (χ2n) is 7.07. The molecule has 0 N–H and O–H groups in total. The van der Waals surface area contributed by atoms with Gasteiger partial charge in [0.05, 0.1) is 20.5 Å². The Labute approximate surface area is 207 Å². The van der Waals surface area contributed by atoms with Gasteiger partial charge in [-0.3, -0.25) is 14.5 Å². The second-order valence-corrected chi connectivity index (χ2v) is 9.77. The van der Waals surface area contributed by atoms with E-state index in [1.54, 1.807) is 25.1 Å². The highest BCUT2D eigenvalue weighted by molar-refractivity contribution is 9.11. The Morgan fingerprint density at radius 3 is 2.50 bits per heavy atom. The van der Waals surface area contributed by atoms with Crippen LogP contribution in [0.15, 0.2) is 50.2 Å². The van der Waals surface area contributed by atoms with Crippen LogP contribution >= 0.6 is 43.6 Å². The fraction of sp³-hybridized carbons (Fsp3) is 0.261. The van der Waals surface area contributed by atoms with Crippen LogP contribution in [0.25, 0.3) is 6.08 Å². The third-order valence-electron chi connectivity index (χ3n) is 4.62. The lowest BCUT2D eigenvalue weighted by Crippen LogP contribution is -2.42. The van der Waals surface area contributed by atoms with Crippen molar-refractivity contribution >= 4 is 66.8 Å². The first-order valence-corrected chi connectivity index (χ1v) is 12.2. The van der Waals surface area contributed by atoms with Crippen molar-refractivity contribution in [3.63, 3.8) is 0 Å². The molecular weight excluding hydrogens is 562 g/mol. The Bertz CT molecular complexity index is 1080. The normalized spacial score (nSPS) is 15.9. The van der Waals surface area contributed by atoms with Crippen LogP contribution in [0.2, 0.25) is 0 Å². The summed E-state index contributed by atoms with van der Waals surface area (Å²) in [6.45, 7) is 5.75. The molecule has 168 valence electrons. The highest BCUT2D eigenvalue weighted by Crippen LogP contribution is 2.38. The molecule has 9 heteroatoms. The molecule has 0 radical (unpaired) electrons. The van der Waals surface area contributed by atoms with E-state index in [0.29, 0.717) is 26.9 Å². The number of hydrogen-bond acceptors (Lipinski definition) is 6. The molecule has 1 fully saturated rings. The molecule has 2 aromatic carbocycles. The summed E-state index contributed by atoms with van der Waals surface area (Å²) in [5, 5.41) is -0.502. The Hall–Kier alpha value is -2.10. The van der Waals surface area contributed by atoms with E-state index in [9.17, 15) is 14.4 Å². The molecule has 1 heterocycles. The average molecular weight is 583 g/mol. The minimum Gasteiger partial charge on any atom is -0.487 e. The summed E-state index contributed by atoms with van der Waals surface area (Å²) in [6.07, 6.45) is 1.61. The Morgan fingerprint density at radius 2 is 1.88 bits per heavy atom. The number of carbonyl (C=O) groups is 3. The molecule has 6 nitrogen and oxygen atoms in total. The molecule has 2 amide bonds. The number of thioether (sulfide) groups is 1. The zero-order valence-corrected chi connectivity index (χ0v) is 21.7. The maximum absolute atomic E-state index is 12.8. The van der Waals surface area contributed by atoms with Crippen molar-refractivity contribution in [1.82, 2.24) is 4.90 Å². The standard InChI is InChI=1S/C23H21Br2NO5S/c1-4-30-22(28)14(3)26-21(27)19(32-23(26)29)11-16-9-17(24)20(18(25)10-16)31-12-15-7-5-6-13(2)8-15/h5-11,14H,4,12H2,1-3H3/b19-11+/t14-/m0/s1. The van der Waals surface area contributed by atoms with Crippen molar-refractivity contribution in [2.45, 2.75) is 33.4 Å². The van der Waals surface area contributed by atoms with Gasteiger partial charge in [0.2, 0.25) is 0 Å². The van der Waals surface area contributed by atoms with E-state index in [4.69, 9.17) is 9.47 Å². The maximum Gasteiger partial charge on any atom is 0.329 e. The van der Waals surface area contributed by atoms with Crippen LogP contribution in [-0.2, 0) is 20.9 Å². The van der Waals surface area contributed by atoms with Crippen LogP contribution in [0.4, 0.5) is 4.79 Å². The zero-order chi connectivity index (χ0) is 23.4. The van der Waals surface area contributed by atoms with Gasteiger partial charge in [-0.05, 0) is 93.7 Å². The van der Waals surface area contributed by atoms with Crippen molar-refractivity contribution in [3.05, 3.63) is 66.9 Å². The quantitative estimate of drug-likeness (QED) is 0.291. The Morgan fingerprint density at radius 1 is 1.19 bits per heavy atom. The molecule has 0 unspecified atom stereocenters. The van der Waals surface area contributed by atoms with E-state index in [0.717, 1.165) is 27.8 Å². The third kappa shape index (κ3) is 5.63.